The normalized spacial score (nSPS) is 11.8. The van der Waals surface area contributed by atoms with Crippen LogP contribution in [0.25, 0.3) is 0 Å². The zero-order valence-electron chi connectivity index (χ0n) is 27.1. The van der Waals surface area contributed by atoms with Gasteiger partial charge in [-0.25, -0.2) is 8.42 Å². The number of aryl methyl sites for hydroxylation is 1. The predicted molar refractivity (Wildman–Crippen MR) is 190 cm³/mol. The van der Waals surface area contributed by atoms with E-state index in [0.717, 1.165) is 38.3 Å². The number of hydrogen-bond acceptors (Lipinski definition) is 5. The molecule has 1 atom stereocenters. The van der Waals surface area contributed by atoms with E-state index in [4.69, 9.17) is 4.74 Å². The first-order chi connectivity index (χ1) is 22.6. The highest BCUT2D eigenvalue weighted by atomic mass is 79.9. The second kappa shape index (κ2) is 17.1. The van der Waals surface area contributed by atoms with E-state index < -0.39 is 28.5 Å². The number of rotatable bonds is 16. The predicted octanol–water partition coefficient (Wildman–Crippen LogP) is 6.91. The number of halogens is 1. The smallest absolute Gasteiger partial charge is 0.264 e. The van der Waals surface area contributed by atoms with Gasteiger partial charge in [0.1, 0.15) is 18.3 Å². The van der Waals surface area contributed by atoms with Crippen molar-refractivity contribution in [1.82, 2.24) is 10.2 Å². The van der Waals surface area contributed by atoms with Gasteiger partial charge < -0.3 is 15.0 Å². The zero-order valence-corrected chi connectivity index (χ0v) is 29.5. The van der Waals surface area contributed by atoms with Crippen LogP contribution in [0.1, 0.15) is 43.4 Å². The molecule has 0 bridgehead atoms. The molecule has 4 aromatic carbocycles. The summed E-state index contributed by atoms with van der Waals surface area (Å²) < 4.78 is 35.8. The van der Waals surface area contributed by atoms with Gasteiger partial charge in [-0.2, -0.15) is 0 Å². The fraction of sp³-hybridized carbons (Fsp3) is 0.297. The minimum atomic E-state index is -4.20. The van der Waals surface area contributed by atoms with E-state index in [1.54, 1.807) is 36.4 Å². The Morgan fingerprint density at radius 2 is 1.51 bits per heavy atom. The van der Waals surface area contributed by atoms with Crippen molar-refractivity contribution < 1.29 is 22.7 Å². The molecule has 1 unspecified atom stereocenters. The van der Waals surface area contributed by atoms with Crippen LogP contribution in [0, 0.1) is 6.92 Å². The lowest BCUT2D eigenvalue weighted by Crippen LogP contribution is -2.53. The molecule has 0 aliphatic heterocycles. The maximum atomic E-state index is 14.6. The molecule has 0 spiro atoms. The van der Waals surface area contributed by atoms with Gasteiger partial charge in [0.2, 0.25) is 11.8 Å². The molecule has 8 nitrogen and oxygen atoms in total. The van der Waals surface area contributed by atoms with Crippen LogP contribution in [0.2, 0.25) is 0 Å². The molecule has 0 aliphatic rings. The largest absolute Gasteiger partial charge is 0.494 e. The SMILES string of the molecule is CCCCNC(=O)C(Cc1ccccc1)N(Cc1ccc(C)cc1)C(=O)CN(c1ccc(OCC)cc1)S(=O)(=O)c1ccc(Br)cc1. The highest BCUT2D eigenvalue weighted by molar-refractivity contribution is 9.10. The van der Waals surface area contributed by atoms with E-state index >= 15 is 0 Å². The number of ether oxygens (including phenoxy) is 1. The van der Waals surface area contributed by atoms with Crippen molar-refractivity contribution in [3.05, 3.63) is 124 Å². The number of sulfonamides is 1. The monoisotopic (exact) mass is 719 g/mol. The number of anilines is 1. The van der Waals surface area contributed by atoms with Crippen molar-refractivity contribution in [3.63, 3.8) is 0 Å². The topological polar surface area (TPSA) is 96.0 Å². The third-order valence-corrected chi connectivity index (χ3v) is 10.0. The molecule has 0 aromatic heterocycles. The first-order valence-corrected chi connectivity index (χ1v) is 18.0. The summed E-state index contributed by atoms with van der Waals surface area (Å²) >= 11 is 3.37. The number of hydrogen-bond donors (Lipinski definition) is 1. The summed E-state index contributed by atoms with van der Waals surface area (Å²) in [6.45, 7) is 6.41. The second-order valence-corrected chi connectivity index (χ2v) is 14.0. The molecular weight excluding hydrogens is 678 g/mol. The van der Waals surface area contributed by atoms with Crippen LogP contribution in [-0.4, -0.2) is 50.9 Å². The quantitative estimate of drug-likeness (QED) is 0.127. The molecule has 0 saturated heterocycles. The molecule has 0 heterocycles. The molecule has 1 N–H and O–H groups in total. The van der Waals surface area contributed by atoms with Crippen LogP contribution >= 0.6 is 15.9 Å². The van der Waals surface area contributed by atoms with Crippen LogP contribution in [-0.2, 0) is 32.6 Å². The number of unbranched alkanes of at least 4 members (excludes halogenated alkanes) is 1. The highest BCUT2D eigenvalue weighted by Gasteiger charge is 2.34. The van der Waals surface area contributed by atoms with Gasteiger partial charge in [-0.3, -0.25) is 13.9 Å². The number of carbonyl (C=O) groups is 2. The van der Waals surface area contributed by atoms with Crippen molar-refractivity contribution in [1.29, 1.82) is 0 Å². The minimum Gasteiger partial charge on any atom is -0.494 e. The van der Waals surface area contributed by atoms with Crippen LogP contribution < -0.4 is 14.4 Å². The Bertz CT molecular complexity index is 1700. The molecule has 0 fully saturated rings. The van der Waals surface area contributed by atoms with Crippen molar-refractivity contribution in [3.8, 4) is 5.75 Å². The number of nitrogens with one attached hydrogen (secondary N) is 1. The summed E-state index contributed by atoms with van der Waals surface area (Å²) in [5.41, 5.74) is 3.07. The Hall–Kier alpha value is -4.15. The lowest BCUT2D eigenvalue weighted by Gasteiger charge is -2.34. The van der Waals surface area contributed by atoms with Gasteiger partial charge in [0.25, 0.3) is 10.0 Å². The molecule has 0 aliphatic carbocycles. The van der Waals surface area contributed by atoms with Gasteiger partial charge in [0, 0.05) is 24.0 Å². The van der Waals surface area contributed by atoms with Crippen molar-refractivity contribution in [2.24, 2.45) is 0 Å². The van der Waals surface area contributed by atoms with E-state index in [0.29, 0.717) is 24.6 Å². The fourth-order valence-electron chi connectivity index (χ4n) is 5.09. The van der Waals surface area contributed by atoms with Crippen molar-refractivity contribution >= 4 is 43.5 Å². The molecule has 0 saturated carbocycles. The van der Waals surface area contributed by atoms with Gasteiger partial charge in [-0.15, -0.1) is 0 Å². The van der Waals surface area contributed by atoms with Crippen molar-refractivity contribution in [2.45, 2.75) is 57.5 Å². The maximum absolute atomic E-state index is 14.6. The van der Waals surface area contributed by atoms with E-state index in [1.165, 1.54) is 17.0 Å². The number of amides is 2. The summed E-state index contributed by atoms with van der Waals surface area (Å²) in [5.74, 6) is -0.214. The molecule has 10 heteroatoms. The lowest BCUT2D eigenvalue weighted by molar-refractivity contribution is -0.140. The molecule has 248 valence electrons. The maximum Gasteiger partial charge on any atom is 0.264 e. The molecular formula is C37H42BrN3O5S. The van der Waals surface area contributed by atoms with Crippen molar-refractivity contribution in [2.75, 3.05) is 24.0 Å². The van der Waals surface area contributed by atoms with E-state index in [-0.39, 0.29) is 23.8 Å². The van der Waals surface area contributed by atoms with Gasteiger partial charge in [-0.1, -0.05) is 89.4 Å². The van der Waals surface area contributed by atoms with Crippen LogP contribution in [0.3, 0.4) is 0 Å². The standard InChI is InChI=1S/C37H42BrN3O5S/c1-4-6-24-39-37(43)35(25-29-10-8-7-9-11-29)40(26-30-14-12-28(3)13-15-30)36(42)27-41(32-18-20-33(21-19-32)46-5-2)47(44,45)34-22-16-31(38)17-23-34/h7-23,35H,4-6,24-27H2,1-3H3,(H,39,43). The first-order valence-electron chi connectivity index (χ1n) is 15.8. The third kappa shape index (κ3) is 9.92. The Morgan fingerprint density at radius 3 is 2.13 bits per heavy atom. The van der Waals surface area contributed by atoms with E-state index in [9.17, 15) is 18.0 Å². The minimum absolute atomic E-state index is 0.0330. The van der Waals surface area contributed by atoms with E-state index in [1.807, 2.05) is 75.4 Å². The Balaban J connectivity index is 1.78. The Kier molecular flexibility index (Phi) is 13.0. The summed E-state index contributed by atoms with van der Waals surface area (Å²) in [5, 5.41) is 3.02. The number of nitrogens with zero attached hydrogens (tertiary/aromatic N) is 2. The molecule has 47 heavy (non-hydrogen) atoms. The average Bonchev–Trinajstić information content (AvgIpc) is 3.07. The summed E-state index contributed by atoms with van der Waals surface area (Å²) in [4.78, 5) is 30.0. The van der Waals surface area contributed by atoms with Gasteiger partial charge >= 0.3 is 0 Å². The summed E-state index contributed by atoms with van der Waals surface area (Å²) in [7, 11) is -4.20. The summed E-state index contributed by atoms with van der Waals surface area (Å²) in [6.07, 6.45) is 1.96. The first kappa shape index (κ1) is 35.7. The molecule has 0 radical (unpaired) electrons. The zero-order chi connectivity index (χ0) is 33.8. The number of benzene rings is 4. The third-order valence-electron chi connectivity index (χ3n) is 7.69. The van der Waals surface area contributed by atoms with Gasteiger partial charge in [0.15, 0.2) is 0 Å². The molecule has 4 aromatic rings. The van der Waals surface area contributed by atoms with E-state index in [2.05, 4.69) is 21.2 Å². The summed E-state index contributed by atoms with van der Waals surface area (Å²) in [6, 6.07) is 29.3. The Morgan fingerprint density at radius 1 is 0.851 bits per heavy atom. The average molecular weight is 721 g/mol. The fourth-order valence-corrected chi connectivity index (χ4v) is 6.77. The van der Waals surface area contributed by atoms with Gasteiger partial charge in [-0.05, 0) is 79.9 Å². The Labute approximate surface area is 286 Å². The highest BCUT2D eigenvalue weighted by Crippen LogP contribution is 2.28. The molecule has 2 amide bonds. The van der Waals surface area contributed by atoms with Crippen LogP contribution in [0.15, 0.2) is 112 Å². The number of carbonyl (C=O) groups excluding carboxylic acids is 2. The second-order valence-electron chi connectivity index (χ2n) is 11.2. The lowest BCUT2D eigenvalue weighted by atomic mass is 10.0. The van der Waals surface area contributed by atoms with Gasteiger partial charge in [0.05, 0.1) is 17.2 Å². The molecule has 4 rings (SSSR count). The van der Waals surface area contributed by atoms with Crippen LogP contribution in [0.5, 0.6) is 5.75 Å². The van der Waals surface area contributed by atoms with Crippen LogP contribution in [0.4, 0.5) is 5.69 Å².